The zero-order valence-corrected chi connectivity index (χ0v) is 29.0. The Labute approximate surface area is 263 Å². The van der Waals surface area contributed by atoms with E-state index < -0.39 is 40.8 Å². The van der Waals surface area contributed by atoms with Crippen LogP contribution in [0.3, 0.4) is 0 Å². The van der Waals surface area contributed by atoms with Gasteiger partial charge in [0, 0.05) is 31.2 Å². The van der Waals surface area contributed by atoms with Crippen LogP contribution in [0.15, 0.2) is 71.8 Å². The van der Waals surface area contributed by atoms with Crippen LogP contribution in [0, 0.1) is 5.92 Å². The molecule has 4 unspecified atom stereocenters. The second-order valence-electron chi connectivity index (χ2n) is 12.6. The number of pyridine rings is 1. The van der Waals surface area contributed by atoms with E-state index in [9.17, 15) is 13.2 Å². The van der Waals surface area contributed by atoms with Crippen LogP contribution in [0.25, 0.3) is 0 Å². The molecule has 0 saturated heterocycles. The second kappa shape index (κ2) is 12.6. The van der Waals surface area contributed by atoms with Gasteiger partial charge in [0.1, 0.15) is 12.1 Å². The number of fused-ring (bicyclic) bond motifs is 1. The molecular formula is C33H45ClN2O5SSi. The van der Waals surface area contributed by atoms with Crippen molar-refractivity contribution in [3.8, 4) is 0 Å². The van der Waals surface area contributed by atoms with E-state index in [1.54, 1.807) is 12.1 Å². The van der Waals surface area contributed by atoms with Crippen molar-refractivity contribution in [2.24, 2.45) is 5.92 Å². The van der Waals surface area contributed by atoms with Crippen molar-refractivity contribution >= 4 is 41.8 Å². The molecule has 234 valence electrons. The van der Waals surface area contributed by atoms with Gasteiger partial charge < -0.3 is 18.8 Å². The molecule has 4 atom stereocenters. The number of carbonyl (C=O) groups excluding carboxylic acids is 1. The Morgan fingerprint density at radius 1 is 1.07 bits per heavy atom. The van der Waals surface area contributed by atoms with Crippen LogP contribution in [0.1, 0.15) is 65.2 Å². The first-order chi connectivity index (χ1) is 20.2. The van der Waals surface area contributed by atoms with Crippen LogP contribution in [0.5, 0.6) is 0 Å². The summed E-state index contributed by atoms with van der Waals surface area (Å²) in [7, 11) is -5.64. The minimum atomic E-state index is -3.36. The molecule has 0 N–H and O–H groups in total. The summed E-state index contributed by atoms with van der Waals surface area (Å²) >= 11 is 6.90. The van der Waals surface area contributed by atoms with E-state index in [1.165, 1.54) is 12.1 Å². The third kappa shape index (κ3) is 5.68. The molecule has 2 aromatic rings. The molecule has 0 bridgehead atoms. The number of anilines is 1. The van der Waals surface area contributed by atoms with Gasteiger partial charge in [0.25, 0.3) is 0 Å². The fraction of sp³-hybridized carbons (Fsp3) is 0.515. The number of hydrogen-bond donors (Lipinski definition) is 0. The molecular weight excluding hydrogens is 600 g/mol. The summed E-state index contributed by atoms with van der Waals surface area (Å²) in [4.78, 5) is 18.8. The lowest BCUT2D eigenvalue weighted by atomic mass is 9.67. The van der Waals surface area contributed by atoms with Crippen molar-refractivity contribution in [1.29, 1.82) is 0 Å². The first kappa shape index (κ1) is 33.6. The lowest BCUT2D eigenvalue weighted by Gasteiger charge is -2.51. The van der Waals surface area contributed by atoms with E-state index in [0.717, 1.165) is 23.9 Å². The fourth-order valence-corrected chi connectivity index (χ4v) is 15.7. The number of carbonyl (C=O) groups is 1. The highest BCUT2D eigenvalue weighted by molar-refractivity contribution is 7.90. The number of sulfone groups is 1. The average Bonchev–Trinajstić information content (AvgIpc) is 3.28. The predicted molar refractivity (Wildman–Crippen MR) is 176 cm³/mol. The molecule has 43 heavy (non-hydrogen) atoms. The van der Waals surface area contributed by atoms with E-state index >= 15 is 0 Å². The number of halogens is 1. The van der Waals surface area contributed by atoms with Gasteiger partial charge in [-0.15, -0.1) is 0 Å². The summed E-state index contributed by atoms with van der Waals surface area (Å²) in [6, 6.07) is 10.2. The first-order valence-electron chi connectivity index (χ1n) is 15.0. The summed E-state index contributed by atoms with van der Waals surface area (Å²) in [5, 5.41) is 0. The van der Waals surface area contributed by atoms with Gasteiger partial charge in [0.05, 0.1) is 16.2 Å². The van der Waals surface area contributed by atoms with Crippen LogP contribution in [0.2, 0.25) is 16.6 Å². The van der Waals surface area contributed by atoms with Gasteiger partial charge in [-0.1, -0.05) is 89.6 Å². The van der Waals surface area contributed by atoms with Crippen molar-refractivity contribution < 1.29 is 22.7 Å². The molecule has 0 saturated carbocycles. The Bertz CT molecular complexity index is 1450. The summed E-state index contributed by atoms with van der Waals surface area (Å²) in [5.41, 5.74) is 0.642. The molecule has 7 nitrogen and oxygen atoms in total. The lowest BCUT2D eigenvalue weighted by Crippen LogP contribution is -2.63. The minimum absolute atomic E-state index is 0.196. The summed E-state index contributed by atoms with van der Waals surface area (Å²) in [5.74, 6) is -1.08. The van der Waals surface area contributed by atoms with Gasteiger partial charge in [-0.05, 0) is 53.4 Å². The van der Waals surface area contributed by atoms with Crippen molar-refractivity contribution in [1.82, 2.24) is 4.98 Å². The molecule has 0 fully saturated rings. The quantitative estimate of drug-likeness (QED) is 0.103. The van der Waals surface area contributed by atoms with Crippen molar-refractivity contribution in [3.05, 3.63) is 78.0 Å². The van der Waals surface area contributed by atoms with Crippen LogP contribution < -0.4 is 4.57 Å². The topological polar surface area (TPSA) is 85.8 Å². The Morgan fingerprint density at radius 2 is 1.70 bits per heavy atom. The largest absolute Gasteiger partial charge is 0.380 e. The van der Waals surface area contributed by atoms with Crippen LogP contribution in [-0.2, 0) is 29.5 Å². The Hall–Kier alpha value is -2.30. The third-order valence-corrected chi connectivity index (χ3v) is 17.7. The summed E-state index contributed by atoms with van der Waals surface area (Å²) in [6.07, 6.45) is 11.6. The number of aldehydes is 1. The summed E-state index contributed by atoms with van der Waals surface area (Å²) in [6.45, 7) is 16.5. The Balaban J connectivity index is 1.86. The van der Waals surface area contributed by atoms with E-state index in [2.05, 4.69) is 46.1 Å². The summed E-state index contributed by atoms with van der Waals surface area (Å²) < 4.78 is 39.6. The molecule has 0 radical (unpaired) electrons. The maximum absolute atomic E-state index is 13.7. The Kier molecular flexibility index (Phi) is 9.84. The molecule has 1 aromatic heterocycles. The predicted octanol–water partition coefficient (Wildman–Crippen LogP) is 7.35. The van der Waals surface area contributed by atoms with Crippen molar-refractivity contribution in [3.63, 3.8) is 0 Å². The van der Waals surface area contributed by atoms with Gasteiger partial charge in [-0.25, -0.2) is 13.4 Å². The van der Waals surface area contributed by atoms with E-state index in [4.69, 9.17) is 26.1 Å². The standard InChI is InChI=1S/C33H45ClN2O5SSi/c1-9-40-33(41-30(34)26-15-17-27(18-16-26)42(8,38)39)19-11-10-14-29(33)32(22-37)21-36(31-28(32)13-12-20-35-31)43(23(2)3,24(4)5)25(6)7/h10-20,22-25,29-30H,9,21H2,1-8H3. The molecule has 2 heterocycles. The number of aromatic nitrogens is 1. The highest BCUT2D eigenvalue weighted by Crippen LogP contribution is 2.56. The zero-order valence-electron chi connectivity index (χ0n) is 26.5. The van der Waals surface area contributed by atoms with E-state index in [0.29, 0.717) is 35.3 Å². The van der Waals surface area contributed by atoms with E-state index in [1.807, 2.05) is 49.6 Å². The average molecular weight is 645 g/mol. The minimum Gasteiger partial charge on any atom is -0.380 e. The molecule has 1 aromatic carbocycles. The molecule has 0 amide bonds. The van der Waals surface area contributed by atoms with Gasteiger partial charge >= 0.3 is 0 Å². The number of alkyl halides is 1. The third-order valence-electron chi connectivity index (χ3n) is 9.38. The second-order valence-corrected chi connectivity index (χ2v) is 20.8. The number of hydrogen-bond acceptors (Lipinski definition) is 7. The molecule has 1 aliphatic carbocycles. The van der Waals surface area contributed by atoms with Crippen molar-refractivity contribution in [2.45, 2.75) is 86.8 Å². The number of benzene rings is 1. The van der Waals surface area contributed by atoms with Crippen LogP contribution in [0.4, 0.5) is 5.82 Å². The van der Waals surface area contributed by atoms with Gasteiger partial charge in [-0.3, -0.25) is 0 Å². The van der Waals surface area contributed by atoms with Crippen molar-refractivity contribution in [2.75, 3.05) is 24.0 Å². The van der Waals surface area contributed by atoms with Gasteiger partial charge in [-0.2, -0.15) is 0 Å². The molecule has 0 spiro atoms. The number of rotatable bonds is 12. The highest BCUT2D eigenvalue weighted by atomic mass is 35.5. The smallest absolute Gasteiger partial charge is 0.197 e. The van der Waals surface area contributed by atoms with Crippen LogP contribution in [-0.4, -0.2) is 53.1 Å². The molecule has 2 aliphatic rings. The maximum Gasteiger partial charge on any atom is 0.197 e. The van der Waals surface area contributed by atoms with Crippen LogP contribution >= 0.6 is 11.6 Å². The Morgan fingerprint density at radius 3 is 2.23 bits per heavy atom. The molecule has 1 aliphatic heterocycles. The zero-order chi connectivity index (χ0) is 31.8. The maximum atomic E-state index is 13.7. The molecule has 4 rings (SSSR count). The van der Waals surface area contributed by atoms with E-state index in [-0.39, 0.29) is 4.90 Å². The SMILES string of the molecule is CCOC1(OC(Cl)c2ccc(S(C)(=O)=O)cc2)C=CC=CC1C1(C=O)CN([Si](C(C)C)(C(C)C)C(C)C)c2ncccc21. The number of nitrogens with zero attached hydrogens (tertiary/aromatic N) is 2. The number of allylic oxidation sites excluding steroid dienone is 2. The highest BCUT2D eigenvalue weighted by Gasteiger charge is 2.62. The number of ether oxygens (including phenoxy) is 2. The monoisotopic (exact) mass is 644 g/mol. The first-order valence-corrected chi connectivity index (χ1v) is 19.5. The lowest BCUT2D eigenvalue weighted by molar-refractivity contribution is -0.243. The fourth-order valence-electron chi connectivity index (χ4n) is 7.83. The van der Waals surface area contributed by atoms with Gasteiger partial charge in [0.15, 0.2) is 29.4 Å². The normalized spacial score (nSPS) is 24.7. The molecule has 10 heteroatoms. The van der Waals surface area contributed by atoms with Gasteiger partial charge in [0.2, 0.25) is 0 Å².